The molecule has 4 aromatic rings. The Morgan fingerprint density at radius 3 is 2.30 bits per heavy atom. The number of fused-ring (bicyclic) bond motifs is 1. The van der Waals surface area contributed by atoms with Gasteiger partial charge in [-0.3, -0.25) is 33.8 Å². The van der Waals surface area contributed by atoms with Crippen LogP contribution in [0.2, 0.25) is 0 Å². The number of ketones is 1. The number of nitrogens with two attached hydrogens (primary N) is 1. The fourth-order valence-electron chi connectivity index (χ4n) is 6.00. The molecule has 0 saturated heterocycles. The number of hydrogen-bond donors (Lipinski definition) is 9. The molecule has 20 heteroatoms. The van der Waals surface area contributed by atoms with Gasteiger partial charge in [0.25, 0.3) is 11.5 Å². The number of benzene rings is 2. The Morgan fingerprint density at radius 1 is 0.917 bits per heavy atom. The number of amides is 3. The van der Waals surface area contributed by atoms with Gasteiger partial charge < -0.3 is 42.3 Å². The van der Waals surface area contributed by atoms with Gasteiger partial charge in [-0.1, -0.05) is 30.3 Å². The predicted molar refractivity (Wildman–Crippen MR) is 215 cm³/mol. The van der Waals surface area contributed by atoms with Crippen LogP contribution < -0.4 is 32.6 Å². The highest BCUT2D eigenvalue weighted by molar-refractivity contribution is 6.00. The average molecular weight is 828 g/mol. The van der Waals surface area contributed by atoms with Gasteiger partial charge in [0.1, 0.15) is 11.8 Å². The molecular formula is C40H45N9O11. The summed E-state index contributed by atoms with van der Waals surface area (Å²) in [5.41, 5.74) is 6.62. The molecule has 316 valence electrons. The molecule has 0 spiro atoms. The smallest absolute Gasteiger partial charge is 0.332 e. The largest absolute Gasteiger partial charge is 0.481 e. The maximum atomic E-state index is 13.4. The Kier molecular flexibility index (Phi) is 16.5. The van der Waals surface area contributed by atoms with Gasteiger partial charge >= 0.3 is 17.9 Å². The van der Waals surface area contributed by atoms with Gasteiger partial charge in [-0.15, -0.1) is 0 Å². The molecule has 2 heterocycles. The van der Waals surface area contributed by atoms with Crippen molar-refractivity contribution in [2.24, 2.45) is 5.92 Å². The maximum absolute atomic E-state index is 13.4. The minimum Gasteiger partial charge on any atom is -0.481 e. The van der Waals surface area contributed by atoms with Crippen molar-refractivity contribution < 1.29 is 48.9 Å². The van der Waals surface area contributed by atoms with Crippen molar-refractivity contribution in [1.82, 2.24) is 35.9 Å². The Hall–Kier alpha value is -7.51. The molecule has 20 nitrogen and oxygen atoms in total. The van der Waals surface area contributed by atoms with Gasteiger partial charge in [-0.05, 0) is 62.4 Å². The molecule has 60 heavy (non-hydrogen) atoms. The zero-order valence-corrected chi connectivity index (χ0v) is 32.5. The molecule has 0 bridgehead atoms. The zero-order chi connectivity index (χ0) is 43.8. The normalized spacial score (nSPS) is 12.7. The number of Topliss-reactive ketones (excluding diaryl/α,β-unsaturated/α-hetero) is 1. The lowest BCUT2D eigenvalue weighted by Gasteiger charge is -2.21. The highest BCUT2D eigenvalue weighted by Crippen LogP contribution is 2.17. The second-order valence-corrected chi connectivity index (χ2v) is 13.8. The number of aliphatic carboxylic acids is 3. The number of aromatic nitrogens is 4. The molecule has 0 aliphatic rings. The number of nitrogen functional groups attached to an aromatic ring is 1. The summed E-state index contributed by atoms with van der Waals surface area (Å²) in [5, 5.41) is 38.8. The number of aromatic amines is 1. The molecule has 0 fully saturated rings. The highest BCUT2D eigenvalue weighted by Gasteiger charge is 2.26. The summed E-state index contributed by atoms with van der Waals surface area (Å²) < 4.78 is 0. The van der Waals surface area contributed by atoms with Gasteiger partial charge in [0.2, 0.25) is 17.8 Å². The topological polar surface area (TPSA) is 326 Å². The average Bonchev–Trinajstić information content (AvgIpc) is 3.19. The number of rotatable bonds is 23. The van der Waals surface area contributed by atoms with Crippen molar-refractivity contribution in [3.63, 3.8) is 0 Å². The van der Waals surface area contributed by atoms with Gasteiger partial charge in [0.15, 0.2) is 11.2 Å². The summed E-state index contributed by atoms with van der Waals surface area (Å²) >= 11 is 0. The van der Waals surface area contributed by atoms with Crippen LogP contribution in [0.3, 0.4) is 0 Å². The first-order chi connectivity index (χ1) is 28.6. The predicted octanol–water partition coefficient (Wildman–Crippen LogP) is 1.58. The fraction of sp³-hybridized carbons (Fsp3) is 0.325. The van der Waals surface area contributed by atoms with E-state index in [9.17, 15) is 43.5 Å². The number of H-pyrrole nitrogens is 1. The standard InChI is InChI=1S/C40H45N9O11/c1-22(16-23-6-3-2-4-7-23)45-36(55)25(8-5-15-42-31(51)18-26(38(57)58)19-32(52)53)17-29(50)13-14-30(39(59)60)47-35(54)24-9-11-27(12-10-24)43-20-28-21-44-34-33(46-28)37(56)49-40(41)48-34/h2-4,6-7,9-12,18,21-22,25,30,43H,5,8,13-17,19-20H2,1H3,(H,42,51)(H,45,55)(H,47,54)(H,52,53)(H,57,58)(H,59,60)(H3,41,44,48,49,56)/b26-18+/t22?,25?,30-/m0/s1. The van der Waals surface area contributed by atoms with Gasteiger partial charge in [0, 0.05) is 48.7 Å². The van der Waals surface area contributed by atoms with E-state index in [1.54, 1.807) is 19.1 Å². The van der Waals surface area contributed by atoms with Crippen LogP contribution in [-0.4, -0.2) is 95.3 Å². The molecule has 0 aliphatic carbocycles. The molecule has 3 atom stereocenters. The molecule has 4 rings (SSSR count). The van der Waals surface area contributed by atoms with Crippen molar-refractivity contribution >= 4 is 64.2 Å². The van der Waals surface area contributed by atoms with E-state index >= 15 is 0 Å². The van der Waals surface area contributed by atoms with Crippen LogP contribution >= 0.6 is 0 Å². The Bertz CT molecular complexity index is 2300. The number of carboxylic acid groups (broad SMARTS) is 3. The van der Waals surface area contributed by atoms with Gasteiger partial charge in [-0.2, -0.15) is 4.98 Å². The van der Waals surface area contributed by atoms with E-state index in [-0.39, 0.29) is 73.9 Å². The molecule has 3 amide bonds. The monoisotopic (exact) mass is 827 g/mol. The first-order valence-corrected chi connectivity index (χ1v) is 18.8. The number of anilines is 2. The third-order valence-electron chi connectivity index (χ3n) is 8.99. The molecule has 2 aromatic carbocycles. The minimum absolute atomic E-state index is 0.0175. The number of hydrogen-bond acceptors (Lipinski definition) is 13. The minimum atomic E-state index is -1.56. The quantitative estimate of drug-likeness (QED) is 0.0378. The van der Waals surface area contributed by atoms with Crippen molar-refractivity contribution in [2.75, 3.05) is 17.6 Å². The molecule has 2 unspecified atom stereocenters. The van der Waals surface area contributed by atoms with E-state index in [1.165, 1.54) is 18.3 Å². The van der Waals surface area contributed by atoms with Gasteiger partial charge in [0.05, 0.1) is 30.4 Å². The first kappa shape index (κ1) is 45.2. The molecule has 0 radical (unpaired) electrons. The lowest BCUT2D eigenvalue weighted by molar-refractivity contribution is -0.140. The van der Waals surface area contributed by atoms with Crippen LogP contribution in [0.1, 0.15) is 67.1 Å². The third kappa shape index (κ3) is 14.5. The van der Waals surface area contributed by atoms with Crippen molar-refractivity contribution in [3.8, 4) is 0 Å². The summed E-state index contributed by atoms with van der Waals surface area (Å²) in [6.45, 7) is 1.95. The van der Waals surface area contributed by atoms with Crippen LogP contribution in [0.25, 0.3) is 11.2 Å². The summed E-state index contributed by atoms with van der Waals surface area (Å²) in [6.07, 6.45) is 1.25. The van der Waals surface area contributed by atoms with E-state index in [2.05, 4.69) is 41.2 Å². The number of nitrogens with one attached hydrogen (secondary N) is 5. The SMILES string of the molecule is CC(Cc1ccccc1)NC(=O)C(CCCNC(=O)/C=C(\CC(=O)O)C(=O)O)CC(=O)CC[C@H](NC(=O)c1ccc(NCc2cnc3nc(N)[nH]c(=O)c3n2)cc1)C(=O)O. The molecule has 0 saturated carbocycles. The van der Waals surface area contributed by atoms with Crippen molar-refractivity contribution in [1.29, 1.82) is 0 Å². The zero-order valence-electron chi connectivity index (χ0n) is 32.5. The van der Waals surface area contributed by atoms with E-state index in [0.29, 0.717) is 23.9 Å². The second-order valence-electron chi connectivity index (χ2n) is 13.8. The van der Waals surface area contributed by atoms with Crippen LogP contribution in [0.4, 0.5) is 11.6 Å². The molecule has 0 aliphatic heterocycles. The number of nitrogens with zero attached hydrogens (tertiary/aromatic N) is 3. The summed E-state index contributed by atoms with van der Waals surface area (Å²) in [4.78, 5) is 113. The highest BCUT2D eigenvalue weighted by atomic mass is 16.4. The summed E-state index contributed by atoms with van der Waals surface area (Å²) in [7, 11) is 0. The van der Waals surface area contributed by atoms with Crippen LogP contribution in [0.15, 0.2) is 77.2 Å². The number of carbonyl (C=O) groups is 7. The first-order valence-electron chi connectivity index (χ1n) is 18.8. The van der Waals surface area contributed by atoms with Crippen molar-refractivity contribution in [2.45, 2.75) is 70.5 Å². The van der Waals surface area contributed by atoms with Crippen molar-refractivity contribution in [3.05, 3.63) is 99.6 Å². The molecular weight excluding hydrogens is 782 g/mol. The van der Waals surface area contributed by atoms with E-state index in [1.807, 2.05) is 30.3 Å². The van der Waals surface area contributed by atoms with Crippen LogP contribution in [0, 0.1) is 5.92 Å². The molecule has 2 aromatic heterocycles. The number of carbonyl (C=O) groups excluding carboxylic acids is 4. The fourth-order valence-corrected chi connectivity index (χ4v) is 6.00. The lowest BCUT2D eigenvalue weighted by Crippen LogP contribution is -2.41. The maximum Gasteiger partial charge on any atom is 0.332 e. The Morgan fingerprint density at radius 2 is 1.63 bits per heavy atom. The summed E-state index contributed by atoms with van der Waals surface area (Å²) in [6, 6.07) is 13.8. The molecule has 10 N–H and O–H groups in total. The van der Waals surface area contributed by atoms with E-state index in [0.717, 1.165) is 5.56 Å². The second kappa shape index (κ2) is 21.9. The van der Waals surface area contributed by atoms with Crippen LogP contribution in [0.5, 0.6) is 0 Å². The van der Waals surface area contributed by atoms with E-state index in [4.69, 9.17) is 15.9 Å². The van der Waals surface area contributed by atoms with Gasteiger partial charge in [-0.25, -0.2) is 19.6 Å². The Balaban J connectivity index is 1.32. The third-order valence-corrected chi connectivity index (χ3v) is 8.99. The summed E-state index contributed by atoms with van der Waals surface area (Å²) in [5.74, 6) is -7.72. The van der Waals surface area contributed by atoms with E-state index < -0.39 is 70.9 Å². The lowest BCUT2D eigenvalue weighted by atomic mass is 9.93. The Labute approximate surface area is 342 Å². The van der Waals surface area contributed by atoms with Crippen LogP contribution in [-0.2, 0) is 41.7 Å². The number of carboxylic acids is 3.